The summed E-state index contributed by atoms with van der Waals surface area (Å²) in [5.41, 5.74) is 5.17. The number of carboxylic acids is 2. The first-order valence-electron chi connectivity index (χ1n) is 10.3. The molecule has 3 aromatic rings. The number of fused-ring (bicyclic) bond motifs is 3. The van der Waals surface area contributed by atoms with Gasteiger partial charge >= 0.3 is 5.97 Å². The minimum atomic E-state index is -0.918. The number of aryl methyl sites for hydroxylation is 2. The smallest absolute Gasteiger partial charge is 0.354 e. The van der Waals surface area contributed by atoms with Crippen molar-refractivity contribution in [3.05, 3.63) is 70.1 Å². The lowest BCUT2D eigenvalue weighted by Gasteiger charge is -2.14. The standard InChI is InChI=1S/C21H21ClN4O2.C2H4O2/c22-16-4-1-3-14(11-16)12-23-8-2-10-26-20(21(27)28)18-6-5-15-13-24-9-7-17(15)19(18)25-26;1-2(3)4/h1,3-4,7,9,11,13,23H,2,5-6,8,10,12H2,(H,27,28);1H3,(H,3,4). The molecule has 0 unspecified atom stereocenters. The van der Waals surface area contributed by atoms with E-state index in [0.29, 0.717) is 18.7 Å². The van der Waals surface area contributed by atoms with Gasteiger partial charge in [0.05, 0.1) is 5.69 Å². The van der Waals surface area contributed by atoms with E-state index < -0.39 is 11.9 Å². The number of halogens is 1. The molecular formula is C23H25ClN4O4. The average Bonchev–Trinajstić information content (AvgIpc) is 3.12. The van der Waals surface area contributed by atoms with Crippen molar-refractivity contribution in [3.63, 3.8) is 0 Å². The van der Waals surface area contributed by atoms with Crippen LogP contribution in [-0.2, 0) is 30.7 Å². The Morgan fingerprint density at radius 1 is 1.22 bits per heavy atom. The maximum absolute atomic E-state index is 11.9. The third-order valence-electron chi connectivity index (χ3n) is 5.00. The summed E-state index contributed by atoms with van der Waals surface area (Å²) in [6.07, 6.45) is 5.83. The first kappa shape index (κ1) is 23.4. The lowest BCUT2D eigenvalue weighted by Crippen LogP contribution is -2.18. The molecule has 0 atom stereocenters. The molecule has 9 heteroatoms. The van der Waals surface area contributed by atoms with Crippen molar-refractivity contribution in [3.8, 4) is 11.3 Å². The highest BCUT2D eigenvalue weighted by atomic mass is 35.5. The van der Waals surface area contributed by atoms with Crippen LogP contribution in [0.15, 0.2) is 42.7 Å². The second-order valence-electron chi connectivity index (χ2n) is 7.42. The van der Waals surface area contributed by atoms with E-state index in [1.165, 1.54) is 0 Å². The van der Waals surface area contributed by atoms with Gasteiger partial charge in [-0.3, -0.25) is 14.5 Å². The summed E-state index contributed by atoms with van der Waals surface area (Å²) in [5, 5.41) is 25.9. The number of aromatic carboxylic acids is 1. The summed E-state index contributed by atoms with van der Waals surface area (Å²) >= 11 is 6.00. The SMILES string of the molecule is CC(=O)O.O=C(O)c1c2c(nn1CCCNCc1cccc(Cl)c1)-c1ccncc1CC2. The fraction of sp³-hybridized carbons (Fsp3) is 0.304. The van der Waals surface area contributed by atoms with E-state index in [9.17, 15) is 9.90 Å². The number of pyridine rings is 1. The highest BCUT2D eigenvalue weighted by molar-refractivity contribution is 6.30. The zero-order chi connectivity index (χ0) is 23.1. The molecule has 0 aliphatic heterocycles. The molecule has 0 saturated heterocycles. The van der Waals surface area contributed by atoms with Gasteiger partial charge in [-0.05, 0) is 55.1 Å². The van der Waals surface area contributed by atoms with Gasteiger partial charge in [-0.2, -0.15) is 5.10 Å². The largest absolute Gasteiger partial charge is 0.481 e. The van der Waals surface area contributed by atoms with Crippen molar-refractivity contribution in [1.29, 1.82) is 0 Å². The van der Waals surface area contributed by atoms with Crippen molar-refractivity contribution in [2.24, 2.45) is 0 Å². The van der Waals surface area contributed by atoms with Crippen LogP contribution in [0.2, 0.25) is 5.02 Å². The number of hydrogen-bond acceptors (Lipinski definition) is 5. The molecule has 0 radical (unpaired) electrons. The number of aliphatic carboxylic acids is 1. The molecule has 4 rings (SSSR count). The van der Waals surface area contributed by atoms with Gasteiger partial charge in [-0.1, -0.05) is 23.7 Å². The number of nitrogens with zero attached hydrogens (tertiary/aromatic N) is 3. The lowest BCUT2D eigenvalue weighted by molar-refractivity contribution is -0.134. The summed E-state index contributed by atoms with van der Waals surface area (Å²) < 4.78 is 1.64. The number of rotatable bonds is 7. The number of nitrogens with one attached hydrogen (secondary N) is 1. The molecule has 0 spiro atoms. The van der Waals surface area contributed by atoms with Gasteiger partial charge < -0.3 is 15.5 Å². The second kappa shape index (κ2) is 10.9. The maximum atomic E-state index is 11.9. The van der Waals surface area contributed by atoms with Gasteiger partial charge in [-0.25, -0.2) is 4.79 Å². The van der Waals surface area contributed by atoms with E-state index in [4.69, 9.17) is 21.5 Å². The van der Waals surface area contributed by atoms with E-state index in [0.717, 1.165) is 65.8 Å². The molecular weight excluding hydrogens is 432 g/mol. The molecule has 0 saturated carbocycles. The van der Waals surface area contributed by atoms with Crippen LogP contribution < -0.4 is 5.32 Å². The molecule has 0 fully saturated rings. The summed E-state index contributed by atoms with van der Waals surface area (Å²) in [6.45, 7) is 3.12. The Morgan fingerprint density at radius 3 is 2.72 bits per heavy atom. The van der Waals surface area contributed by atoms with E-state index in [2.05, 4.69) is 15.4 Å². The highest BCUT2D eigenvalue weighted by Gasteiger charge is 2.27. The van der Waals surface area contributed by atoms with Gasteiger partial charge in [0.25, 0.3) is 5.97 Å². The number of hydrogen-bond donors (Lipinski definition) is 3. The Hall–Kier alpha value is -3.23. The fourth-order valence-corrected chi connectivity index (χ4v) is 3.92. The quantitative estimate of drug-likeness (QED) is 0.464. The van der Waals surface area contributed by atoms with Crippen molar-refractivity contribution in [2.75, 3.05) is 6.54 Å². The first-order chi connectivity index (χ1) is 15.4. The molecule has 0 amide bonds. The van der Waals surface area contributed by atoms with Crippen LogP contribution >= 0.6 is 11.6 Å². The number of carbonyl (C=O) groups is 2. The Balaban J connectivity index is 0.000000668. The van der Waals surface area contributed by atoms with Gasteiger partial charge in [0, 0.05) is 48.6 Å². The third kappa shape index (κ3) is 5.93. The molecule has 32 heavy (non-hydrogen) atoms. The second-order valence-corrected chi connectivity index (χ2v) is 7.85. The van der Waals surface area contributed by atoms with Crippen LogP contribution in [0.25, 0.3) is 11.3 Å². The van der Waals surface area contributed by atoms with Gasteiger partial charge in [0.15, 0.2) is 0 Å². The number of carboxylic acid groups (broad SMARTS) is 2. The number of aromatic nitrogens is 3. The minimum Gasteiger partial charge on any atom is -0.481 e. The van der Waals surface area contributed by atoms with Crippen LogP contribution in [0.1, 0.15) is 40.5 Å². The Morgan fingerprint density at radius 2 is 2.00 bits per heavy atom. The predicted octanol–water partition coefficient (Wildman–Crippen LogP) is 3.67. The fourth-order valence-electron chi connectivity index (χ4n) is 3.70. The van der Waals surface area contributed by atoms with Crippen molar-refractivity contribution in [2.45, 2.75) is 39.3 Å². The molecule has 2 aromatic heterocycles. The number of benzene rings is 1. The summed E-state index contributed by atoms with van der Waals surface area (Å²) in [5.74, 6) is -1.75. The van der Waals surface area contributed by atoms with E-state index >= 15 is 0 Å². The average molecular weight is 457 g/mol. The van der Waals surface area contributed by atoms with Gasteiger partial charge in [0.1, 0.15) is 5.69 Å². The van der Waals surface area contributed by atoms with Gasteiger partial charge in [-0.15, -0.1) is 0 Å². The first-order valence-corrected chi connectivity index (χ1v) is 10.7. The van der Waals surface area contributed by atoms with Crippen LogP contribution in [0, 0.1) is 0 Å². The van der Waals surface area contributed by atoms with Crippen molar-refractivity contribution >= 4 is 23.5 Å². The monoisotopic (exact) mass is 456 g/mol. The Labute approximate surface area is 190 Å². The normalized spacial score (nSPS) is 11.7. The highest BCUT2D eigenvalue weighted by Crippen LogP contribution is 2.34. The Bertz CT molecular complexity index is 1110. The molecule has 8 nitrogen and oxygen atoms in total. The zero-order valence-electron chi connectivity index (χ0n) is 17.7. The molecule has 1 aliphatic rings. The topological polar surface area (TPSA) is 117 Å². The summed E-state index contributed by atoms with van der Waals surface area (Å²) in [4.78, 5) is 25.0. The van der Waals surface area contributed by atoms with Crippen LogP contribution in [0.4, 0.5) is 0 Å². The van der Waals surface area contributed by atoms with Crippen LogP contribution in [0.3, 0.4) is 0 Å². The van der Waals surface area contributed by atoms with Crippen LogP contribution in [0.5, 0.6) is 0 Å². The molecule has 0 bridgehead atoms. The van der Waals surface area contributed by atoms with E-state index in [-0.39, 0.29) is 0 Å². The van der Waals surface area contributed by atoms with Crippen molar-refractivity contribution in [1.82, 2.24) is 20.1 Å². The predicted molar refractivity (Wildman–Crippen MR) is 121 cm³/mol. The Kier molecular flexibility index (Phi) is 7.97. The van der Waals surface area contributed by atoms with E-state index in [1.807, 2.05) is 36.5 Å². The maximum Gasteiger partial charge on any atom is 0.354 e. The lowest BCUT2D eigenvalue weighted by atomic mass is 9.90. The van der Waals surface area contributed by atoms with Gasteiger partial charge in [0.2, 0.25) is 0 Å². The summed E-state index contributed by atoms with van der Waals surface area (Å²) in [7, 11) is 0. The zero-order valence-corrected chi connectivity index (χ0v) is 18.5. The summed E-state index contributed by atoms with van der Waals surface area (Å²) in [6, 6.07) is 9.66. The molecule has 2 heterocycles. The molecule has 168 valence electrons. The minimum absolute atomic E-state index is 0.312. The van der Waals surface area contributed by atoms with Crippen LogP contribution in [-0.4, -0.2) is 43.5 Å². The van der Waals surface area contributed by atoms with E-state index in [1.54, 1.807) is 10.9 Å². The molecule has 3 N–H and O–H groups in total. The molecule has 1 aromatic carbocycles. The van der Waals surface area contributed by atoms with Crippen molar-refractivity contribution < 1.29 is 19.8 Å². The molecule has 1 aliphatic carbocycles. The third-order valence-corrected chi connectivity index (χ3v) is 5.23.